The molecule has 1 aliphatic rings. The van der Waals surface area contributed by atoms with Crippen molar-refractivity contribution in [3.05, 3.63) is 29.8 Å². The lowest BCUT2D eigenvalue weighted by molar-refractivity contribution is -0.122. The van der Waals surface area contributed by atoms with Crippen LogP contribution in [-0.4, -0.2) is 29.9 Å². The van der Waals surface area contributed by atoms with E-state index in [1.807, 2.05) is 24.3 Å². The van der Waals surface area contributed by atoms with Gasteiger partial charge in [-0.3, -0.25) is 4.79 Å². The number of aliphatic hydroxyl groups excluding tert-OH is 1. The highest BCUT2D eigenvalue weighted by Gasteiger charge is 2.28. The molecule has 0 saturated heterocycles. The molecule has 1 unspecified atom stereocenters. The first-order valence-electron chi connectivity index (χ1n) is 4.93. The number of thioether (sulfide) groups is 1. The van der Waals surface area contributed by atoms with Gasteiger partial charge in [-0.1, -0.05) is 18.2 Å². The first-order chi connectivity index (χ1) is 7.33. The molecule has 0 aromatic heterocycles. The van der Waals surface area contributed by atoms with E-state index in [4.69, 9.17) is 5.11 Å². The number of fused-ring (bicyclic) bond motifs is 1. The zero-order valence-corrected chi connectivity index (χ0v) is 9.09. The molecule has 1 atom stereocenters. The SMILES string of the molecule is O=C(NCCO)C1CSc2ccccc21. The van der Waals surface area contributed by atoms with Gasteiger partial charge in [-0.25, -0.2) is 0 Å². The summed E-state index contributed by atoms with van der Waals surface area (Å²) in [5, 5.41) is 11.3. The van der Waals surface area contributed by atoms with Crippen molar-refractivity contribution in [3.63, 3.8) is 0 Å². The predicted molar refractivity (Wildman–Crippen MR) is 60.0 cm³/mol. The van der Waals surface area contributed by atoms with Gasteiger partial charge in [0.05, 0.1) is 12.5 Å². The summed E-state index contributed by atoms with van der Waals surface area (Å²) in [6.07, 6.45) is 0. The molecular weight excluding hydrogens is 210 g/mol. The molecule has 2 N–H and O–H groups in total. The Morgan fingerprint density at radius 2 is 2.33 bits per heavy atom. The van der Waals surface area contributed by atoms with Gasteiger partial charge in [-0.05, 0) is 11.6 Å². The normalized spacial score (nSPS) is 18.6. The van der Waals surface area contributed by atoms with E-state index >= 15 is 0 Å². The standard InChI is InChI=1S/C11H13NO2S/c13-6-5-12-11(14)9-7-15-10-4-2-1-3-8(9)10/h1-4,9,13H,5-7H2,(H,12,14). The molecule has 0 radical (unpaired) electrons. The number of amides is 1. The van der Waals surface area contributed by atoms with E-state index in [1.54, 1.807) is 11.8 Å². The monoisotopic (exact) mass is 223 g/mol. The molecule has 15 heavy (non-hydrogen) atoms. The second-order valence-corrected chi connectivity index (χ2v) is 4.48. The molecular formula is C11H13NO2S. The Morgan fingerprint density at radius 3 is 3.13 bits per heavy atom. The molecule has 1 heterocycles. The molecule has 0 fully saturated rings. The fraction of sp³-hybridized carbons (Fsp3) is 0.364. The van der Waals surface area contributed by atoms with Crippen molar-refractivity contribution in [1.29, 1.82) is 0 Å². The van der Waals surface area contributed by atoms with Crippen molar-refractivity contribution in [2.45, 2.75) is 10.8 Å². The highest BCUT2D eigenvalue weighted by molar-refractivity contribution is 7.99. The number of carbonyl (C=O) groups is 1. The van der Waals surface area contributed by atoms with E-state index in [1.165, 1.54) is 4.90 Å². The molecule has 3 nitrogen and oxygen atoms in total. The van der Waals surface area contributed by atoms with Gasteiger partial charge in [-0.15, -0.1) is 11.8 Å². The number of nitrogens with one attached hydrogen (secondary N) is 1. The highest BCUT2D eigenvalue weighted by atomic mass is 32.2. The molecule has 1 aromatic rings. The Balaban J connectivity index is 2.10. The van der Waals surface area contributed by atoms with Crippen LogP contribution in [0.1, 0.15) is 11.5 Å². The maximum absolute atomic E-state index is 11.7. The van der Waals surface area contributed by atoms with Gasteiger partial charge in [0, 0.05) is 17.2 Å². The lowest BCUT2D eigenvalue weighted by atomic mass is 10.0. The minimum absolute atomic E-state index is 0.00670. The Hall–Kier alpha value is -1.00. The summed E-state index contributed by atoms with van der Waals surface area (Å²) in [4.78, 5) is 12.9. The molecule has 1 amide bonds. The zero-order valence-electron chi connectivity index (χ0n) is 8.27. The van der Waals surface area contributed by atoms with Crippen LogP contribution in [0, 0.1) is 0 Å². The lowest BCUT2D eigenvalue weighted by Gasteiger charge is -2.10. The summed E-state index contributed by atoms with van der Waals surface area (Å²) >= 11 is 1.71. The van der Waals surface area contributed by atoms with Crippen LogP contribution in [0.5, 0.6) is 0 Å². The first-order valence-corrected chi connectivity index (χ1v) is 5.92. The maximum Gasteiger partial charge on any atom is 0.228 e. The van der Waals surface area contributed by atoms with Crippen molar-refractivity contribution in [3.8, 4) is 0 Å². The summed E-state index contributed by atoms with van der Waals surface area (Å²) in [6.45, 7) is 0.329. The number of hydrogen-bond donors (Lipinski definition) is 2. The lowest BCUT2D eigenvalue weighted by Crippen LogP contribution is -2.31. The quantitative estimate of drug-likeness (QED) is 0.803. The van der Waals surface area contributed by atoms with Crippen LogP contribution >= 0.6 is 11.8 Å². The second kappa shape index (κ2) is 4.68. The summed E-state index contributed by atoms with van der Waals surface area (Å²) in [6, 6.07) is 7.98. The topological polar surface area (TPSA) is 49.3 Å². The smallest absolute Gasteiger partial charge is 0.228 e. The van der Waals surface area contributed by atoms with Crippen molar-refractivity contribution in [1.82, 2.24) is 5.32 Å². The minimum Gasteiger partial charge on any atom is -0.395 e. The van der Waals surface area contributed by atoms with E-state index in [0.717, 1.165) is 11.3 Å². The fourth-order valence-electron chi connectivity index (χ4n) is 1.68. The van der Waals surface area contributed by atoms with E-state index in [9.17, 15) is 4.79 Å². The van der Waals surface area contributed by atoms with Crippen LogP contribution in [0.4, 0.5) is 0 Å². The van der Waals surface area contributed by atoms with Gasteiger partial charge in [-0.2, -0.15) is 0 Å². The van der Waals surface area contributed by atoms with E-state index < -0.39 is 0 Å². The number of aliphatic hydroxyl groups is 1. The molecule has 2 rings (SSSR count). The number of benzene rings is 1. The Morgan fingerprint density at radius 1 is 1.53 bits per heavy atom. The van der Waals surface area contributed by atoms with Crippen LogP contribution in [0.2, 0.25) is 0 Å². The van der Waals surface area contributed by atoms with Crippen LogP contribution < -0.4 is 5.32 Å². The van der Waals surface area contributed by atoms with Gasteiger partial charge in [0.1, 0.15) is 0 Å². The Bertz CT molecular complexity index is 367. The second-order valence-electron chi connectivity index (χ2n) is 3.42. The van der Waals surface area contributed by atoms with Crippen LogP contribution in [0.25, 0.3) is 0 Å². The van der Waals surface area contributed by atoms with Crippen LogP contribution in [0.15, 0.2) is 29.2 Å². The van der Waals surface area contributed by atoms with Crippen molar-refractivity contribution in [2.24, 2.45) is 0 Å². The minimum atomic E-state index is -0.0576. The largest absolute Gasteiger partial charge is 0.395 e. The van der Waals surface area contributed by atoms with Gasteiger partial charge in [0.25, 0.3) is 0 Å². The van der Waals surface area contributed by atoms with Crippen LogP contribution in [0.3, 0.4) is 0 Å². The van der Waals surface area contributed by atoms with Gasteiger partial charge in [0.15, 0.2) is 0 Å². The van der Waals surface area contributed by atoms with Crippen molar-refractivity contribution in [2.75, 3.05) is 18.9 Å². The van der Waals surface area contributed by atoms with Gasteiger partial charge >= 0.3 is 0 Å². The molecule has 0 spiro atoms. The number of carbonyl (C=O) groups excluding carboxylic acids is 1. The fourth-order valence-corrected chi connectivity index (χ4v) is 2.91. The maximum atomic E-state index is 11.7. The van der Waals surface area contributed by atoms with Gasteiger partial charge < -0.3 is 10.4 Å². The highest BCUT2D eigenvalue weighted by Crippen LogP contribution is 2.39. The third-order valence-electron chi connectivity index (χ3n) is 2.43. The Kier molecular flexibility index (Phi) is 3.28. The van der Waals surface area contributed by atoms with Crippen molar-refractivity contribution < 1.29 is 9.90 Å². The third-order valence-corrected chi connectivity index (χ3v) is 3.61. The summed E-state index contributed by atoms with van der Waals surface area (Å²) in [5.74, 6) is 0.760. The summed E-state index contributed by atoms with van der Waals surface area (Å²) in [5.41, 5.74) is 1.11. The molecule has 80 valence electrons. The molecule has 0 aliphatic carbocycles. The average molecular weight is 223 g/mol. The van der Waals surface area contributed by atoms with Gasteiger partial charge in [0.2, 0.25) is 5.91 Å². The summed E-state index contributed by atoms with van der Waals surface area (Å²) in [7, 11) is 0. The van der Waals surface area contributed by atoms with E-state index in [2.05, 4.69) is 5.32 Å². The number of rotatable bonds is 3. The molecule has 1 aromatic carbocycles. The van der Waals surface area contributed by atoms with E-state index in [0.29, 0.717) is 6.54 Å². The zero-order chi connectivity index (χ0) is 10.7. The molecule has 1 aliphatic heterocycles. The van der Waals surface area contributed by atoms with Crippen LogP contribution in [-0.2, 0) is 4.79 Å². The first kappa shape index (κ1) is 10.5. The van der Waals surface area contributed by atoms with E-state index in [-0.39, 0.29) is 18.4 Å². The molecule has 0 saturated carbocycles. The molecule has 4 heteroatoms. The summed E-state index contributed by atoms with van der Waals surface area (Å²) < 4.78 is 0. The Labute approximate surface area is 92.9 Å². The van der Waals surface area contributed by atoms with Crippen molar-refractivity contribution >= 4 is 17.7 Å². The number of hydrogen-bond acceptors (Lipinski definition) is 3. The third kappa shape index (κ3) is 2.16. The predicted octanol–water partition coefficient (Wildman–Crippen LogP) is 0.984. The molecule has 0 bridgehead atoms. The average Bonchev–Trinajstić information content (AvgIpc) is 2.69.